The van der Waals surface area contributed by atoms with Crippen LogP contribution in [0.15, 0.2) is 22.8 Å². The molecule has 0 radical (unpaired) electrons. The molecule has 1 aliphatic rings. The van der Waals surface area contributed by atoms with E-state index in [2.05, 4.69) is 26.0 Å². The maximum Gasteiger partial charge on any atom is 0.292 e. The average Bonchev–Trinajstić information content (AvgIpc) is 2.80. The fourth-order valence-corrected chi connectivity index (χ4v) is 2.77. The van der Waals surface area contributed by atoms with E-state index in [1.165, 1.54) is 16.8 Å². The van der Waals surface area contributed by atoms with E-state index in [9.17, 15) is 13.2 Å². The lowest BCUT2D eigenvalue weighted by atomic mass is 10.2. The monoisotopic (exact) mass is 317 g/mol. The Morgan fingerprint density at radius 3 is 2.72 bits per heavy atom. The first-order valence-electron chi connectivity index (χ1n) is 5.25. The van der Waals surface area contributed by atoms with Gasteiger partial charge in [-0.1, -0.05) is 0 Å². The van der Waals surface area contributed by atoms with E-state index in [0.29, 0.717) is 11.4 Å². The van der Waals surface area contributed by atoms with Crippen molar-refractivity contribution in [2.75, 3.05) is 0 Å². The summed E-state index contributed by atoms with van der Waals surface area (Å²) < 4.78 is 41.5. The zero-order valence-corrected chi connectivity index (χ0v) is 10.6. The van der Waals surface area contributed by atoms with Crippen molar-refractivity contribution in [2.24, 2.45) is 0 Å². The first-order chi connectivity index (χ1) is 8.49. The van der Waals surface area contributed by atoms with Crippen LogP contribution in [0.25, 0.3) is 11.4 Å². The van der Waals surface area contributed by atoms with Crippen molar-refractivity contribution in [2.45, 2.75) is 18.9 Å². The molecule has 7 heteroatoms. The van der Waals surface area contributed by atoms with E-state index >= 15 is 0 Å². The van der Waals surface area contributed by atoms with E-state index < -0.39 is 11.7 Å². The summed E-state index contributed by atoms with van der Waals surface area (Å²) in [5.74, 6) is -3.36. The molecule has 0 bridgehead atoms. The number of hydrogen-bond acceptors (Lipinski definition) is 2. The van der Waals surface area contributed by atoms with Gasteiger partial charge in [0, 0.05) is 13.0 Å². The third kappa shape index (κ3) is 1.65. The minimum atomic E-state index is -2.88. The van der Waals surface area contributed by atoms with Crippen LogP contribution in [-0.4, -0.2) is 14.8 Å². The van der Waals surface area contributed by atoms with Gasteiger partial charge in [0.05, 0.1) is 16.4 Å². The molecule has 0 unspecified atom stereocenters. The molecule has 0 saturated carbocycles. The Balaban J connectivity index is 2.13. The number of aryl methyl sites for hydroxylation is 1. The highest BCUT2D eigenvalue weighted by atomic mass is 79.9. The summed E-state index contributed by atoms with van der Waals surface area (Å²) in [5, 5.41) is 4.09. The molecular formula is C11H7BrF3N3. The largest absolute Gasteiger partial charge is 0.292 e. The summed E-state index contributed by atoms with van der Waals surface area (Å²) in [6.45, 7) is 0.169. The maximum absolute atomic E-state index is 13.6. The highest BCUT2D eigenvalue weighted by Gasteiger charge is 2.44. The highest BCUT2D eigenvalue weighted by Crippen LogP contribution is 2.44. The molecule has 0 aromatic carbocycles. The lowest BCUT2D eigenvalue weighted by Crippen LogP contribution is -2.08. The van der Waals surface area contributed by atoms with Crippen molar-refractivity contribution in [1.29, 1.82) is 0 Å². The van der Waals surface area contributed by atoms with E-state index in [1.54, 1.807) is 0 Å². The summed E-state index contributed by atoms with van der Waals surface area (Å²) in [6, 6.07) is 2.63. The second-order valence-electron chi connectivity index (χ2n) is 4.05. The maximum atomic E-state index is 13.6. The summed E-state index contributed by atoms with van der Waals surface area (Å²) in [7, 11) is 0. The number of halogens is 4. The number of nitrogens with zero attached hydrogens (tertiary/aromatic N) is 3. The SMILES string of the molecule is Fc1ccc(-c2nn3c(c2Br)C(F)(F)CC3)nc1. The fourth-order valence-electron chi connectivity index (χ4n) is 2.00. The lowest BCUT2D eigenvalue weighted by Gasteiger charge is -2.07. The van der Waals surface area contributed by atoms with Gasteiger partial charge in [0.25, 0.3) is 5.92 Å². The van der Waals surface area contributed by atoms with Crippen molar-refractivity contribution in [1.82, 2.24) is 14.8 Å². The molecule has 2 aromatic rings. The number of alkyl halides is 2. The molecular weight excluding hydrogens is 311 g/mol. The molecule has 0 spiro atoms. The Hall–Kier alpha value is -1.37. The van der Waals surface area contributed by atoms with Gasteiger partial charge >= 0.3 is 0 Å². The number of rotatable bonds is 1. The zero-order chi connectivity index (χ0) is 12.9. The first kappa shape index (κ1) is 11.7. The minimum Gasteiger partial charge on any atom is -0.261 e. The molecule has 0 aliphatic carbocycles. The second-order valence-corrected chi connectivity index (χ2v) is 4.84. The van der Waals surface area contributed by atoms with Crippen LogP contribution in [0.1, 0.15) is 12.1 Å². The molecule has 0 saturated heterocycles. The van der Waals surface area contributed by atoms with Gasteiger partial charge in [0.2, 0.25) is 0 Å². The molecule has 0 atom stereocenters. The third-order valence-electron chi connectivity index (χ3n) is 2.85. The molecule has 0 N–H and O–H groups in total. The third-order valence-corrected chi connectivity index (χ3v) is 3.60. The van der Waals surface area contributed by atoms with Crippen molar-refractivity contribution < 1.29 is 13.2 Å². The number of fused-ring (bicyclic) bond motifs is 1. The normalized spacial score (nSPS) is 16.9. The Bertz CT molecular complexity index is 607. The van der Waals surface area contributed by atoms with Gasteiger partial charge < -0.3 is 0 Å². The Kier molecular flexibility index (Phi) is 2.48. The summed E-state index contributed by atoms with van der Waals surface area (Å²) in [6.07, 6.45) is 0.787. The molecule has 3 rings (SSSR count). The molecule has 3 nitrogen and oxygen atoms in total. The number of aromatic nitrogens is 3. The molecule has 94 valence electrons. The van der Waals surface area contributed by atoms with Crippen LogP contribution in [0.3, 0.4) is 0 Å². The lowest BCUT2D eigenvalue weighted by molar-refractivity contribution is -0.00278. The Morgan fingerprint density at radius 2 is 2.11 bits per heavy atom. The van der Waals surface area contributed by atoms with E-state index in [-0.39, 0.29) is 23.1 Å². The van der Waals surface area contributed by atoms with E-state index in [0.717, 1.165) is 6.20 Å². The highest BCUT2D eigenvalue weighted by molar-refractivity contribution is 9.10. The van der Waals surface area contributed by atoms with Crippen LogP contribution in [0.2, 0.25) is 0 Å². The predicted molar refractivity (Wildman–Crippen MR) is 61.6 cm³/mol. The average molecular weight is 318 g/mol. The fraction of sp³-hybridized carbons (Fsp3) is 0.273. The number of pyridine rings is 1. The molecule has 3 heterocycles. The summed E-state index contributed by atoms with van der Waals surface area (Å²) in [4.78, 5) is 3.84. The molecule has 1 aliphatic heterocycles. The van der Waals surface area contributed by atoms with Gasteiger partial charge in [-0.15, -0.1) is 0 Å². The Labute approximate surface area is 109 Å². The van der Waals surface area contributed by atoms with Gasteiger partial charge in [0.15, 0.2) is 0 Å². The van der Waals surface area contributed by atoms with E-state index in [4.69, 9.17) is 0 Å². The van der Waals surface area contributed by atoms with Crippen LogP contribution >= 0.6 is 15.9 Å². The van der Waals surface area contributed by atoms with Gasteiger partial charge in [-0.25, -0.2) is 4.39 Å². The number of hydrogen-bond donors (Lipinski definition) is 0. The van der Waals surface area contributed by atoms with Gasteiger partial charge in [0.1, 0.15) is 17.2 Å². The first-order valence-corrected chi connectivity index (χ1v) is 6.05. The zero-order valence-electron chi connectivity index (χ0n) is 9.00. The standard InChI is InChI=1S/C11H7BrF3N3/c12-8-9(7-2-1-6(13)5-16-7)17-18-4-3-11(14,15)10(8)18/h1-2,5H,3-4H2. The minimum absolute atomic E-state index is 0.136. The van der Waals surface area contributed by atoms with Crippen molar-refractivity contribution in [3.05, 3.63) is 34.3 Å². The summed E-state index contributed by atoms with van der Waals surface area (Å²) >= 11 is 3.14. The van der Waals surface area contributed by atoms with Crippen molar-refractivity contribution >= 4 is 15.9 Å². The van der Waals surface area contributed by atoms with Crippen molar-refractivity contribution in [3.8, 4) is 11.4 Å². The van der Waals surface area contributed by atoms with Gasteiger partial charge in [-0.05, 0) is 28.1 Å². The van der Waals surface area contributed by atoms with Crippen LogP contribution in [0, 0.1) is 5.82 Å². The van der Waals surface area contributed by atoms with Crippen LogP contribution in [0.5, 0.6) is 0 Å². The van der Waals surface area contributed by atoms with Gasteiger partial charge in [-0.2, -0.15) is 13.9 Å². The second kappa shape index (κ2) is 3.81. The topological polar surface area (TPSA) is 30.7 Å². The predicted octanol–water partition coefficient (Wildman–Crippen LogP) is 3.34. The Morgan fingerprint density at radius 1 is 1.33 bits per heavy atom. The summed E-state index contributed by atoms with van der Waals surface area (Å²) in [5.41, 5.74) is 0.536. The molecule has 18 heavy (non-hydrogen) atoms. The molecule has 0 amide bonds. The molecule has 2 aromatic heterocycles. The van der Waals surface area contributed by atoms with Gasteiger partial charge in [-0.3, -0.25) is 9.67 Å². The quantitative estimate of drug-likeness (QED) is 0.807. The van der Waals surface area contributed by atoms with Crippen LogP contribution in [0.4, 0.5) is 13.2 Å². The van der Waals surface area contributed by atoms with Crippen LogP contribution in [-0.2, 0) is 12.5 Å². The molecule has 0 fully saturated rings. The van der Waals surface area contributed by atoms with E-state index in [1.807, 2.05) is 0 Å². The van der Waals surface area contributed by atoms with Crippen molar-refractivity contribution in [3.63, 3.8) is 0 Å². The van der Waals surface area contributed by atoms with Crippen LogP contribution < -0.4 is 0 Å². The smallest absolute Gasteiger partial charge is 0.261 e.